The SMILES string of the molecule is C[C@H]1Cc2ccccc2N1C(=O)Cn1nc(-n2cccn2)ccc1=O. The number of hydrogen-bond donors (Lipinski definition) is 0. The van der Waals surface area contributed by atoms with E-state index in [-0.39, 0.29) is 24.1 Å². The zero-order valence-electron chi connectivity index (χ0n) is 13.7. The maximum Gasteiger partial charge on any atom is 0.267 e. The summed E-state index contributed by atoms with van der Waals surface area (Å²) in [5, 5.41) is 8.36. The molecule has 25 heavy (non-hydrogen) atoms. The predicted molar refractivity (Wildman–Crippen MR) is 92.7 cm³/mol. The van der Waals surface area contributed by atoms with Crippen LogP contribution >= 0.6 is 0 Å². The quantitative estimate of drug-likeness (QED) is 0.725. The van der Waals surface area contributed by atoms with Crippen LogP contribution in [0.15, 0.2) is 59.7 Å². The van der Waals surface area contributed by atoms with Gasteiger partial charge in [-0.2, -0.15) is 5.10 Å². The number of anilines is 1. The Hall–Kier alpha value is -3.22. The third kappa shape index (κ3) is 2.73. The van der Waals surface area contributed by atoms with Gasteiger partial charge in [0.2, 0.25) is 5.91 Å². The lowest BCUT2D eigenvalue weighted by atomic mass is 10.1. The first-order valence-electron chi connectivity index (χ1n) is 8.11. The molecule has 0 unspecified atom stereocenters. The first-order chi connectivity index (χ1) is 12.1. The minimum atomic E-state index is -0.315. The second-order valence-corrected chi connectivity index (χ2v) is 6.08. The smallest absolute Gasteiger partial charge is 0.267 e. The lowest BCUT2D eigenvalue weighted by Crippen LogP contribution is -2.40. The van der Waals surface area contributed by atoms with Crippen LogP contribution in [0.3, 0.4) is 0 Å². The number of carbonyl (C=O) groups excluding carboxylic acids is 1. The van der Waals surface area contributed by atoms with Crippen LogP contribution in [0.25, 0.3) is 5.82 Å². The maximum atomic E-state index is 12.8. The Morgan fingerprint density at radius 3 is 2.84 bits per heavy atom. The van der Waals surface area contributed by atoms with Gasteiger partial charge >= 0.3 is 0 Å². The van der Waals surface area contributed by atoms with Gasteiger partial charge in [0.15, 0.2) is 5.82 Å². The molecule has 3 aromatic rings. The van der Waals surface area contributed by atoms with Gasteiger partial charge in [-0.1, -0.05) is 18.2 Å². The topological polar surface area (TPSA) is 73.0 Å². The normalized spacial score (nSPS) is 16.0. The second-order valence-electron chi connectivity index (χ2n) is 6.08. The molecule has 0 radical (unpaired) electrons. The summed E-state index contributed by atoms with van der Waals surface area (Å²) in [6.07, 6.45) is 4.18. The molecular weight excluding hydrogens is 318 g/mol. The standard InChI is InChI=1S/C18H17N5O2/c1-13-11-14-5-2-3-6-15(14)23(13)18(25)12-22-17(24)8-7-16(20-22)21-10-4-9-19-21/h2-10,13H,11-12H2,1H3/t13-/m0/s1. The Morgan fingerprint density at radius 1 is 1.20 bits per heavy atom. The summed E-state index contributed by atoms with van der Waals surface area (Å²) in [5.41, 5.74) is 1.75. The van der Waals surface area contributed by atoms with Crippen LogP contribution in [-0.2, 0) is 17.8 Å². The molecule has 1 atom stereocenters. The average molecular weight is 335 g/mol. The highest BCUT2D eigenvalue weighted by molar-refractivity contribution is 5.96. The second kappa shape index (κ2) is 6.01. The third-order valence-corrected chi connectivity index (χ3v) is 4.35. The van der Waals surface area contributed by atoms with Crippen molar-refractivity contribution in [2.45, 2.75) is 25.9 Å². The molecule has 7 nitrogen and oxygen atoms in total. The summed E-state index contributed by atoms with van der Waals surface area (Å²) in [7, 11) is 0. The van der Waals surface area contributed by atoms with Gasteiger partial charge in [0.25, 0.3) is 5.56 Å². The first-order valence-corrected chi connectivity index (χ1v) is 8.11. The fourth-order valence-corrected chi connectivity index (χ4v) is 3.23. The van der Waals surface area contributed by atoms with Crippen LogP contribution < -0.4 is 10.5 Å². The van der Waals surface area contributed by atoms with Gasteiger partial charge in [0.1, 0.15) is 6.54 Å². The van der Waals surface area contributed by atoms with Crippen molar-refractivity contribution in [1.82, 2.24) is 19.6 Å². The molecule has 4 rings (SSSR count). The zero-order chi connectivity index (χ0) is 17.4. The van der Waals surface area contributed by atoms with Crippen LogP contribution in [0.5, 0.6) is 0 Å². The fourth-order valence-electron chi connectivity index (χ4n) is 3.23. The molecule has 1 aliphatic rings. The van der Waals surface area contributed by atoms with E-state index in [0.717, 1.165) is 17.7 Å². The summed E-state index contributed by atoms with van der Waals surface area (Å²) >= 11 is 0. The van der Waals surface area contributed by atoms with Gasteiger partial charge in [-0.3, -0.25) is 9.59 Å². The van der Waals surface area contributed by atoms with Crippen molar-refractivity contribution < 1.29 is 4.79 Å². The third-order valence-electron chi connectivity index (χ3n) is 4.35. The Balaban J connectivity index is 1.63. The molecule has 1 aromatic carbocycles. The van der Waals surface area contributed by atoms with Gasteiger partial charge in [-0.25, -0.2) is 9.36 Å². The molecule has 0 saturated carbocycles. The Kier molecular flexibility index (Phi) is 3.68. The van der Waals surface area contributed by atoms with Crippen molar-refractivity contribution in [2.24, 2.45) is 0 Å². The Morgan fingerprint density at radius 2 is 2.04 bits per heavy atom. The molecule has 1 amide bonds. The Bertz CT molecular complexity index is 977. The number of benzene rings is 1. The van der Waals surface area contributed by atoms with Crippen LogP contribution in [-0.4, -0.2) is 31.5 Å². The van der Waals surface area contributed by atoms with E-state index in [0.29, 0.717) is 5.82 Å². The van der Waals surface area contributed by atoms with Gasteiger partial charge in [0, 0.05) is 30.2 Å². The number of aromatic nitrogens is 4. The highest BCUT2D eigenvalue weighted by atomic mass is 16.2. The first kappa shape index (κ1) is 15.3. The van der Waals surface area contributed by atoms with E-state index >= 15 is 0 Å². The summed E-state index contributed by atoms with van der Waals surface area (Å²) < 4.78 is 2.74. The lowest BCUT2D eigenvalue weighted by molar-refractivity contribution is -0.119. The van der Waals surface area contributed by atoms with Crippen molar-refractivity contribution >= 4 is 11.6 Å². The van der Waals surface area contributed by atoms with Crippen LogP contribution in [0.2, 0.25) is 0 Å². The van der Waals surface area contributed by atoms with Crippen molar-refractivity contribution in [1.29, 1.82) is 0 Å². The maximum absolute atomic E-state index is 12.8. The number of carbonyl (C=O) groups is 1. The van der Waals surface area contributed by atoms with Crippen LogP contribution in [0.1, 0.15) is 12.5 Å². The largest absolute Gasteiger partial charge is 0.307 e. The molecule has 0 bridgehead atoms. The molecule has 3 heterocycles. The van der Waals surface area contributed by atoms with E-state index in [1.165, 1.54) is 10.7 Å². The lowest BCUT2D eigenvalue weighted by Gasteiger charge is -2.22. The summed E-state index contributed by atoms with van der Waals surface area (Å²) in [5.74, 6) is 0.344. The number of fused-ring (bicyclic) bond motifs is 1. The van der Waals surface area contributed by atoms with Gasteiger partial charge in [-0.05, 0) is 37.1 Å². The number of nitrogens with zero attached hydrogens (tertiary/aromatic N) is 5. The molecule has 7 heteroatoms. The molecule has 0 spiro atoms. The predicted octanol–water partition coefficient (Wildman–Crippen LogP) is 1.41. The van der Waals surface area contributed by atoms with Crippen molar-refractivity contribution in [3.05, 3.63) is 70.8 Å². The summed E-state index contributed by atoms with van der Waals surface area (Å²) in [6.45, 7) is 1.90. The van der Waals surface area contributed by atoms with E-state index in [2.05, 4.69) is 10.2 Å². The highest BCUT2D eigenvalue weighted by Gasteiger charge is 2.30. The molecule has 0 aliphatic carbocycles. The zero-order valence-corrected chi connectivity index (χ0v) is 13.7. The molecule has 1 aliphatic heterocycles. The van der Waals surface area contributed by atoms with Crippen LogP contribution in [0.4, 0.5) is 5.69 Å². The van der Waals surface area contributed by atoms with Gasteiger partial charge in [-0.15, -0.1) is 5.10 Å². The monoisotopic (exact) mass is 335 g/mol. The van der Waals surface area contributed by atoms with Crippen molar-refractivity contribution in [3.8, 4) is 5.82 Å². The Labute approximate surface area is 144 Å². The van der Waals surface area contributed by atoms with E-state index in [1.807, 2.05) is 31.2 Å². The fraction of sp³-hybridized carbons (Fsp3) is 0.222. The number of para-hydroxylation sites is 1. The molecule has 2 aromatic heterocycles. The van der Waals surface area contributed by atoms with Gasteiger partial charge in [0.05, 0.1) is 0 Å². The van der Waals surface area contributed by atoms with E-state index in [1.54, 1.807) is 34.1 Å². The summed E-state index contributed by atoms with van der Waals surface area (Å²) in [4.78, 5) is 26.7. The number of amides is 1. The van der Waals surface area contributed by atoms with Crippen molar-refractivity contribution in [2.75, 3.05) is 4.90 Å². The van der Waals surface area contributed by atoms with E-state index in [4.69, 9.17) is 0 Å². The number of rotatable bonds is 3. The number of hydrogen-bond acceptors (Lipinski definition) is 4. The molecule has 0 fully saturated rings. The molecule has 126 valence electrons. The van der Waals surface area contributed by atoms with Crippen LogP contribution in [0, 0.1) is 0 Å². The minimum Gasteiger partial charge on any atom is -0.307 e. The molecule has 0 saturated heterocycles. The van der Waals surface area contributed by atoms with E-state index in [9.17, 15) is 9.59 Å². The van der Waals surface area contributed by atoms with Gasteiger partial charge < -0.3 is 4.90 Å². The highest BCUT2D eigenvalue weighted by Crippen LogP contribution is 2.31. The van der Waals surface area contributed by atoms with E-state index < -0.39 is 0 Å². The average Bonchev–Trinajstić information content (AvgIpc) is 3.23. The molecule has 0 N–H and O–H groups in total. The summed E-state index contributed by atoms with van der Waals surface area (Å²) in [6, 6.07) is 12.7. The van der Waals surface area contributed by atoms with Crippen molar-refractivity contribution in [3.63, 3.8) is 0 Å². The molecular formula is C18H17N5O2. The minimum absolute atomic E-state index is 0.0647.